The molecule has 0 aliphatic rings. The molecule has 2 N–H and O–H groups in total. The highest BCUT2D eigenvalue weighted by Gasteiger charge is 2.15. The fourth-order valence-electron chi connectivity index (χ4n) is 2.91. The van der Waals surface area contributed by atoms with Crippen molar-refractivity contribution in [2.75, 3.05) is 19.5 Å². The zero-order valence-corrected chi connectivity index (χ0v) is 17.8. The van der Waals surface area contributed by atoms with E-state index in [9.17, 15) is 19.7 Å². The molecule has 10 heteroatoms. The molecule has 2 amide bonds. The van der Waals surface area contributed by atoms with E-state index in [4.69, 9.17) is 9.47 Å². The number of benzene rings is 3. The number of non-ortho nitro benzene ring substituents is 1. The molecular weight excluding hydrogens is 428 g/mol. The minimum Gasteiger partial charge on any atom is -0.493 e. The summed E-state index contributed by atoms with van der Waals surface area (Å²) in [6, 6.07) is 16.9. The van der Waals surface area contributed by atoms with Crippen molar-refractivity contribution in [2.45, 2.75) is 0 Å². The number of rotatable bonds is 8. The lowest BCUT2D eigenvalue weighted by molar-refractivity contribution is -0.384. The third kappa shape index (κ3) is 5.70. The Morgan fingerprint density at radius 3 is 2.42 bits per heavy atom. The quantitative estimate of drug-likeness (QED) is 0.307. The molecule has 0 saturated heterocycles. The first-order valence-electron chi connectivity index (χ1n) is 9.63. The molecule has 0 spiro atoms. The van der Waals surface area contributed by atoms with Gasteiger partial charge in [0, 0.05) is 23.3 Å². The van der Waals surface area contributed by atoms with E-state index in [0.717, 1.165) is 0 Å². The van der Waals surface area contributed by atoms with Gasteiger partial charge in [-0.15, -0.1) is 0 Å². The molecule has 168 valence electrons. The number of para-hydroxylation sites is 1. The molecule has 0 bridgehead atoms. The molecule has 10 nitrogen and oxygen atoms in total. The predicted octanol–water partition coefficient (Wildman–Crippen LogP) is 3.63. The molecule has 0 atom stereocenters. The third-order valence-corrected chi connectivity index (χ3v) is 4.53. The second kappa shape index (κ2) is 10.5. The van der Waals surface area contributed by atoms with E-state index in [2.05, 4.69) is 15.8 Å². The Balaban J connectivity index is 1.73. The third-order valence-electron chi connectivity index (χ3n) is 4.53. The predicted molar refractivity (Wildman–Crippen MR) is 122 cm³/mol. The summed E-state index contributed by atoms with van der Waals surface area (Å²) in [5, 5.41) is 17.4. The topological polar surface area (TPSA) is 132 Å². The fourth-order valence-corrected chi connectivity index (χ4v) is 2.91. The first kappa shape index (κ1) is 22.9. The van der Waals surface area contributed by atoms with Crippen LogP contribution in [0.2, 0.25) is 0 Å². The summed E-state index contributed by atoms with van der Waals surface area (Å²) >= 11 is 0. The Kier molecular flexibility index (Phi) is 7.32. The molecule has 3 aromatic carbocycles. The SMILES string of the molecule is COc1ccc(C(=O)Nc2ccccc2C(=O)N/N=C/c2cccc([N+](=O)[O-])c2)cc1OC. The maximum Gasteiger partial charge on any atom is 0.273 e. The van der Waals surface area contributed by atoms with Crippen molar-refractivity contribution in [1.82, 2.24) is 5.43 Å². The molecule has 0 aliphatic carbocycles. The smallest absolute Gasteiger partial charge is 0.273 e. The number of anilines is 1. The van der Waals surface area contributed by atoms with Crippen LogP contribution in [-0.4, -0.2) is 37.2 Å². The van der Waals surface area contributed by atoms with E-state index in [1.54, 1.807) is 36.4 Å². The van der Waals surface area contributed by atoms with Crippen LogP contribution in [0, 0.1) is 10.1 Å². The van der Waals surface area contributed by atoms with Crippen LogP contribution in [-0.2, 0) is 0 Å². The number of hydrogen-bond acceptors (Lipinski definition) is 7. The highest BCUT2D eigenvalue weighted by Crippen LogP contribution is 2.28. The first-order chi connectivity index (χ1) is 15.9. The summed E-state index contributed by atoms with van der Waals surface area (Å²) in [5.74, 6) is -0.140. The van der Waals surface area contributed by atoms with Crippen LogP contribution in [0.3, 0.4) is 0 Å². The Labute approximate surface area is 189 Å². The monoisotopic (exact) mass is 448 g/mol. The van der Waals surface area contributed by atoms with Gasteiger partial charge in [-0.25, -0.2) is 5.43 Å². The van der Waals surface area contributed by atoms with Gasteiger partial charge in [0.1, 0.15) is 0 Å². The van der Waals surface area contributed by atoms with Crippen LogP contribution in [0.25, 0.3) is 0 Å². The molecule has 3 rings (SSSR count). The summed E-state index contributed by atoms with van der Waals surface area (Å²) in [5.41, 5.74) is 3.48. The lowest BCUT2D eigenvalue weighted by atomic mass is 10.1. The normalized spacial score (nSPS) is 10.5. The molecule has 0 unspecified atom stereocenters. The van der Waals surface area contributed by atoms with Crippen molar-refractivity contribution in [3.05, 3.63) is 93.5 Å². The number of nitrogens with zero attached hydrogens (tertiary/aromatic N) is 2. The number of amides is 2. The summed E-state index contributed by atoms with van der Waals surface area (Å²) < 4.78 is 10.4. The number of carbonyl (C=O) groups excluding carboxylic acids is 2. The highest BCUT2D eigenvalue weighted by molar-refractivity contribution is 6.09. The van der Waals surface area contributed by atoms with E-state index in [0.29, 0.717) is 22.6 Å². The molecule has 33 heavy (non-hydrogen) atoms. The summed E-state index contributed by atoms with van der Waals surface area (Å²) in [6.45, 7) is 0. The number of carbonyl (C=O) groups is 2. The lowest BCUT2D eigenvalue weighted by Gasteiger charge is -2.12. The number of nitro benzene ring substituents is 1. The van der Waals surface area contributed by atoms with Gasteiger partial charge in [-0.2, -0.15) is 5.10 Å². The van der Waals surface area contributed by atoms with Crippen molar-refractivity contribution in [2.24, 2.45) is 5.10 Å². The summed E-state index contributed by atoms with van der Waals surface area (Å²) in [4.78, 5) is 35.7. The summed E-state index contributed by atoms with van der Waals surface area (Å²) in [7, 11) is 2.96. The van der Waals surface area contributed by atoms with E-state index in [1.807, 2.05) is 0 Å². The Morgan fingerprint density at radius 1 is 0.939 bits per heavy atom. The van der Waals surface area contributed by atoms with Gasteiger partial charge in [-0.05, 0) is 30.3 Å². The van der Waals surface area contributed by atoms with Crippen molar-refractivity contribution in [3.63, 3.8) is 0 Å². The minimum atomic E-state index is -0.570. The average Bonchev–Trinajstić information content (AvgIpc) is 2.83. The molecule has 0 aromatic heterocycles. The minimum absolute atomic E-state index is 0.0894. The van der Waals surface area contributed by atoms with Crippen molar-refractivity contribution < 1.29 is 24.0 Å². The van der Waals surface area contributed by atoms with Gasteiger partial charge in [-0.1, -0.05) is 24.3 Å². The van der Waals surface area contributed by atoms with Crippen LogP contribution in [0.4, 0.5) is 11.4 Å². The number of hydrogen-bond donors (Lipinski definition) is 2. The second-order valence-corrected chi connectivity index (χ2v) is 6.62. The van der Waals surface area contributed by atoms with Gasteiger partial charge < -0.3 is 14.8 Å². The van der Waals surface area contributed by atoms with Crippen LogP contribution in [0.1, 0.15) is 26.3 Å². The maximum absolute atomic E-state index is 12.7. The highest BCUT2D eigenvalue weighted by atomic mass is 16.6. The maximum atomic E-state index is 12.7. The summed E-state index contributed by atoms with van der Waals surface area (Å²) in [6.07, 6.45) is 1.29. The Hall–Kier alpha value is -4.73. The molecule has 0 saturated carbocycles. The Morgan fingerprint density at radius 2 is 1.70 bits per heavy atom. The molecule has 0 fully saturated rings. The van der Waals surface area contributed by atoms with Crippen LogP contribution >= 0.6 is 0 Å². The van der Waals surface area contributed by atoms with Crippen molar-refractivity contribution in [1.29, 1.82) is 0 Å². The zero-order valence-electron chi connectivity index (χ0n) is 17.8. The van der Waals surface area contributed by atoms with Gasteiger partial charge >= 0.3 is 0 Å². The van der Waals surface area contributed by atoms with Gasteiger partial charge in [0.15, 0.2) is 11.5 Å². The second-order valence-electron chi connectivity index (χ2n) is 6.62. The van der Waals surface area contributed by atoms with Crippen LogP contribution in [0.5, 0.6) is 11.5 Å². The fraction of sp³-hybridized carbons (Fsp3) is 0.0870. The van der Waals surface area contributed by atoms with Gasteiger partial charge in [0.25, 0.3) is 17.5 Å². The van der Waals surface area contributed by atoms with Gasteiger partial charge in [-0.3, -0.25) is 19.7 Å². The van der Waals surface area contributed by atoms with E-state index >= 15 is 0 Å². The number of ether oxygens (including phenoxy) is 2. The van der Waals surface area contributed by atoms with E-state index in [-0.39, 0.29) is 16.9 Å². The van der Waals surface area contributed by atoms with Crippen molar-refractivity contribution in [3.8, 4) is 11.5 Å². The zero-order chi connectivity index (χ0) is 23.8. The van der Waals surface area contributed by atoms with Gasteiger partial charge in [0.05, 0.1) is 36.6 Å². The molecule has 0 aliphatic heterocycles. The number of methoxy groups -OCH3 is 2. The number of nitro groups is 1. The largest absolute Gasteiger partial charge is 0.493 e. The van der Waals surface area contributed by atoms with Gasteiger partial charge in [0.2, 0.25) is 0 Å². The standard InChI is InChI=1S/C23H20N4O6/c1-32-20-11-10-16(13-21(20)33-2)22(28)25-19-9-4-3-8-18(19)23(29)26-24-14-15-6-5-7-17(12-15)27(30)31/h3-14H,1-2H3,(H,25,28)(H,26,29)/b24-14+. The number of nitrogens with one attached hydrogen (secondary N) is 2. The van der Waals surface area contributed by atoms with Crippen LogP contribution in [0.15, 0.2) is 71.8 Å². The number of hydrazone groups is 1. The first-order valence-corrected chi connectivity index (χ1v) is 9.63. The van der Waals surface area contributed by atoms with Crippen molar-refractivity contribution >= 4 is 29.4 Å². The molecule has 0 radical (unpaired) electrons. The van der Waals surface area contributed by atoms with E-state index < -0.39 is 16.7 Å². The molecular formula is C23H20N4O6. The lowest BCUT2D eigenvalue weighted by Crippen LogP contribution is -2.21. The molecule has 0 heterocycles. The van der Waals surface area contributed by atoms with E-state index in [1.165, 1.54) is 50.8 Å². The molecule has 3 aromatic rings. The van der Waals surface area contributed by atoms with Crippen LogP contribution < -0.4 is 20.2 Å². The average molecular weight is 448 g/mol. The Bertz CT molecular complexity index is 1230.